The minimum absolute atomic E-state index is 0.157. The van der Waals surface area contributed by atoms with E-state index in [4.69, 9.17) is 4.42 Å². The van der Waals surface area contributed by atoms with Crippen molar-refractivity contribution < 1.29 is 4.42 Å². The number of furan rings is 1. The van der Waals surface area contributed by atoms with E-state index in [0.717, 1.165) is 56.1 Å². The molecule has 1 unspecified atom stereocenters. The van der Waals surface area contributed by atoms with E-state index in [2.05, 4.69) is 48.3 Å². The molecule has 0 saturated heterocycles. The zero-order valence-electron chi connectivity index (χ0n) is 13.3. The predicted octanol–water partition coefficient (Wildman–Crippen LogP) is 3.13. The largest absolute Gasteiger partial charge is 0.464 e. The van der Waals surface area contributed by atoms with Gasteiger partial charge in [0.25, 0.3) is 0 Å². The zero-order chi connectivity index (χ0) is 15.1. The van der Waals surface area contributed by atoms with Crippen LogP contribution < -0.4 is 5.32 Å². The van der Waals surface area contributed by atoms with Gasteiger partial charge >= 0.3 is 0 Å². The molecule has 2 heterocycles. The summed E-state index contributed by atoms with van der Waals surface area (Å²) in [4.78, 5) is 4.41. The molecule has 0 aliphatic carbocycles. The quantitative estimate of drug-likeness (QED) is 0.771. The summed E-state index contributed by atoms with van der Waals surface area (Å²) in [6, 6.07) is 4.30. The Labute approximate surface area is 126 Å². The molecular formula is C16H26N4O. The topological polar surface area (TPSA) is 55.9 Å². The van der Waals surface area contributed by atoms with Gasteiger partial charge in [-0.15, -0.1) is 0 Å². The lowest BCUT2D eigenvalue weighted by atomic mass is 10.1. The Morgan fingerprint density at radius 1 is 1.24 bits per heavy atom. The number of rotatable bonds is 9. The Kier molecular flexibility index (Phi) is 5.99. The maximum Gasteiger partial charge on any atom is 0.138 e. The molecule has 0 aromatic carbocycles. The van der Waals surface area contributed by atoms with Gasteiger partial charge < -0.3 is 9.73 Å². The molecule has 0 radical (unpaired) electrons. The molecule has 5 nitrogen and oxygen atoms in total. The molecular weight excluding hydrogens is 264 g/mol. The maximum absolute atomic E-state index is 5.92. The molecule has 2 rings (SSSR count). The number of aromatic nitrogens is 3. The van der Waals surface area contributed by atoms with Crippen molar-refractivity contribution in [2.75, 3.05) is 6.54 Å². The average molecular weight is 290 g/mol. The number of nitrogens with one attached hydrogen (secondary N) is 1. The van der Waals surface area contributed by atoms with Crippen molar-refractivity contribution in [3.8, 4) is 0 Å². The van der Waals surface area contributed by atoms with Crippen molar-refractivity contribution in [2.24, 2.45) is 0 Å². The maximum atomic E-state index is 5.92. The molecule has 0 aliphatic heterocycles. The number of aryl methyl sites for hydroxylation is 2. The fourth-order valence-corrected chi connectivity index (χ4v) is 2.39. The second kappa shape index (κ2) is 7.98. The summed E-state index contributed by atoms with van der Waals surface area (Å²) in [5.74, 6) is 3.04. The van der Waals surface area contributed by atoms with E-state index in [1.54, 1.807) is 6.33 Å². The molecule has 0 saturated carbocycles. The summed E-state index contributed by atoms with van der Waals surface area (Å²) in [7, 11) is 0. The summed E-state index contributed by atoms with van der Waals surface area (Å²) < 4.78 is 7.91. The van der Waals surface area contributed by atoms with Gasteiger partial charge in [-0.1, -0.05) is 20.8 Å². The van der Waals surface area contributed by atoms with Crippen molar-refractivity contribution >= 4 is 0 Å². The van der Waals surface area contributed by atoms with Crippen LogP contribution in [0.2, 0.25) is 0 Å². The van der Waals surface area contributed by atoms with E-state index < -0.39 is 0 Å². The lowest BCUT2D eigenvalue weighted by molar-refractivity contribution is 0.383. The van der Waals surface area contributed by atoms with Crippen molar-refractivity contribution in [3.63, 3.8) is 0 Å². The molecule has 116 valence electrons. The molecule has 5 heteroatoms. The van der Waals surface area contributed by atoms with Gasteiger partial charge in [0, 0.05) is 19.4 Å². The third kappa shape index (κ3) is 4.17. The molecule has 0 bridgehead atoms. The SMILES string of the molecule is CCCNC(Cc1ncnn1CCC)c1ccc(CC)o1. The molecule has 0 amide bonds. The average Bonchev–Trinajstić information content (AvgIpc) is 3.13. The lowest BCUT2D eigenvalue weighted by Gasteiger charge is -2.16. The Morgan fingerprint density at radius 3 is 2.76 bits per heavy atom. The summed E-state index contributed by atoms with van der Waals surface area (Å²) in [5, 5.41) is 7.86. The van der Waals surface area contributed by atoms with Crippen LogP contribution in [0.5, 0.6) is 0 Å². The fourth-order valence-electron chi connectivity index (χ4n) is 2.39. The summed E-state index contributed by atoms with van der Waals surface area (Å²) in [6.07, 6.45) is 5.52. The van der Waals surface area contributed by atoms with E-state index in [1.165, 1.54) is 0 Å². The summed E-state index contributed by atoms with van der Waals surface area (Å²) >= 11 is 0. The molecule has 2 aromatic rings. The molecule has 1 N–H and O–H groups in total. The minimum atomic E-state index is 0.157. The van der Waals surface area contributed by atoms with Crippen molar-refractivity contribution in [1.82, 2.24) is 20.1 Å². The smallest absolute Gasteiger partial charge is 0.138 e. The van der Waals surface area contributed by atoms with E-state index in [0.29, 0.717) is 0 Å². The van der Waals surface area contributed by atoms with Crippen molar-refractivity contribution in [3.05, 3.63) is 35.8 Å². The first-order valence-corrected chi connectivity index (χ1v) is 7.97. The highest BCUT2D eigenvalue weighted by atomic mass is 16.3. The molecule has 1 atom stereocenters. The van der Waals surface area contributed by atoms with E-state index >= 15 is 0 Å². The monoisotopic (exact) mass is 290 g/mol. The molecule has 0 spiro atoms. The Morgan fingerprint density at radius 2 is 2.10 bits per heavy atom. The van der Waals surface area contributed by atoms with Crippen LogP contribution in [0.4, 0.5) is 0 Å². The fraction of sp³-hybridized carbons (Fsp3) is 0.625. The molecule has 0 fully saturated rings. The van der Waals surface area contributed by atoms with Gasteiger partial charge in [0.1, 0.15) is 23.7 Å². The first-order valence-electron chi connectivity index (χ1n) is 7.97. The van der Waals surface area contributed by atoms with Gasteiger partial charge in [0.2, 0.25) is 0 Å². The van der Waals surface area contributed by atoms with Crippen molar-refractivity contribution in [2.45, 2.75) is 59.0 Å². The van der Waals surface area contributed by atoms with Gasteiger partial charge in [0.05, 0.1) is 6.04 Å². The van der Waals surface area contributed by atoms with Gasteiger partial charge in [-0.2, -0.15) is 5.10 Å². The van der Waals surface area contributed by atoms with Crippen LogP contribution >= 0.6 is 0 Å². The van der Waals surface area contributed by atoms with Gasteiger partial charge in [-0.05, 0) is 31.5 Å². The summed E-state index contributed by atoms with van der Waals surface area (Å²) in [6.45, 7) is 8.31. The van der Waals surface area contributed by atoms with Gasteiger partial charge in [-0.3, -0.25) is 4.68 Å². The highest BCUT2D eigenvalue weighted by Gasteiger charge is 2.18. The highest BCUT2D eigenvalue weighted by molar-refractivity contribution is 5.12. The van der Waals surface area contributed by atoms with Crippen molar-refractivity contribution in [1.29, 1.82) is 0 Å². The van der Waals surface area contributed by atoms with Gasteiger partial charge in [0.15, 0.2) is 0 Å². The second-order valence-corrected chi connectivity index (χ2v) is 5.27. The normalized spacial score (nSPS) is 12.7. The first-order chi connectivity index (χ1) is 10.3. The molecule has 21 heavy (non-hydrogen) atoms. The van der Waals surface area contributed by atoms with Crippen LogP contribution in [-0.4, -0.2) is 21.3 Å². The standard InChI is InChI=1S/C16H26N4O/c1-4-9-17-14(15-8-7-13(6-3)21-15)11-16-18-12-19-20(16)10-5-2/h7-8,12,14,17H,4-6,9-11H2,1-3H3. The minimum Gasteiger partial charge on any atom is -0.464 e. The number of hydrogen-bond acceptors (Lipinski definition) is 4. The van der Waals surface area contributed by atoms with Crippen LogP contribution in [0, 0.1) is 0 Å². The lowest BCUT2D eigenvalue weighted by Crippen LogP contribution is -2.25. The third-order valence-corrected chi connectivity index (χ3v) is 3.53. The summed E-state index contributed by atoms with van der Waals surface area (Å²) in [5.41, 5.74) is 0. The van der Waals surface area contributed by atoms with E-state index in [-0.39, 0.29) is 6.04 Å². The van der Waals surface area contributed by atoms with E-state index in [9.17, 15) is 0 Å². The van der Waals surface area contributed by atoms with Crippen LogP contribution in [-0.2, 0) is 19.4 Å². The Balaban J connectivity index is 2.13. The highest BCUT2D eigenvalue weighted by Crippen LogP contribution is 2.20. The Bertz CT molecular complexity index is 532. The predicted molar refractivity (Wildman–Crippen MR) is 83.1 cm³/mol. The third-order valence-electron chi connectivity index (χ3n) is 3.53. The first kappa shape index (κ1) is 15.8. The molecule has 2 aromatic heterocycles. The van der Waals surface area contributed by atoms with Crippen LogP contribution in [0.15, 0.2) is 22.9 Å². The number of nitrogens with zero attached hydrogens (tertiary/aromatic N) is 3. The second-order valence-electron chi connectivity index (χ2n) is 5.27. The zero-order valence-corrected chi connectivity index (χ0v) is 13.3. The van der Waals surface area contributed by atoms with E-state index in [1.807, 2.05) is 4.68 Å². The van der Waals surface area contributed by atoms with Gasteiger partial charge in [-0.25, -0.2) is 4.98 Å². The van der Waals surface area contributed by atoms with Crippen LogP contribution in [0.25, 0.3) is 0 Å². The number of hydrogen-bond donors (Lipinski definition) is 1. The Hall–Kier alpha value is -1.62. The molecule has 0 aliphatic rings. The van der Waals surface area contributed by atoms with Crippen LogP contribution in [0.3, 0.4) is 0 Å². The van der Waals surface area contributed by atoms with Crippen LogP contribution in [0.1, 0.15) is 57.0 Å².